The molecule has 1 saturated heterocycles. The normalized spacial score (nSPS) is 22.5. The first-order valence-electron chi connectivity index (χ1n) is 4.57. The summed E-state index contributed by atoms with van der Waals surface area (Å²) in [5.74, 6) is 0. The topological polar surface area (TPSA) is 38.7 Å². The zero-order valence-electron chi connectivity index (χ0n) is 7.71. The molecular formula is C9H18O3. The van der Waals surface area contributed by atoms with Crippen molar-refractivity contribution in [1.29, 1.82) is 0 Å². The highest BCUT2D eigenvalue weighted by Crippen LogP contribution is 2.28. The molecule has 0 aromatic heterocycles. The van der Waals surface area contributed by atoms with Crippen LogP contribution in [-0.2, 0) is 9.47 Å². The van der Waals surface area contributed by atoms with Gasteiger partial charge in [-0.2, -0.15) is 0 Å². The molecule has 72 valence electrons. The number of methoxy groups -OCH3 is 1. The summed E-state index contributed by atoms with van der Waals surface area (Å²) in [6, 6.07) is 0. The van der Waals surface area contributed by atoms with Crippen LogP contribution in [0.1, 0.15) is 25.7 Å². The van der Waals surface area contributed by atoms with Gasteiger partial charge >= 0.3 is 0 Å². The molecule has 0 spiro atoms. The van der Waals surface area contributed by atoms with Crippen molar-refractivity contribution in [3.63, 3.8) is 0 Å². The maximum atomic E-state index is 8.72. The second-order valence-corrected chi connectivity index (χ2v) is 3.33. The molecule has 0 aromatic carbocycles. The molecule has 1 aliphatic rings. The molecule has 0 saturated carbocycles. The van der Waals surface area contributed by atoms with Gasteiger partial charge in [-0.3, -0.25) is 0 Å². The van der Waals surface area contributed by atoms with Crippen LogP contribution in [0.2, 0.25) is 0 Å². The van der Waals surface area contributed by atoms with Gasteiger partial charge in [0.15, 0.2) is 0 Å². The van der Waals surface area contributed by atoms with Gasteiger partial charge in [-0.1, -0.05) is 0 Å². The lowest BCUT2D eigenvalue weighted by atomic mass is 9.89. The fourth-order valence-electron chi connectivity index (χ4n) is 1.70. The molecule has 1 rings (SSSR count). The highest BCUT2D eigenvalue weighted by molar-refractivity contribution is 4.82. The van der Waals surface area contributed by atoms with Crippen molar-refractivity contribution in [1.82, 2.24) is 0 Å². The van der Waals surface area contributed by atoms with Crippen molar-refractivity contribution < 1.29 is 14.6 Å². The molecule has 0 bridgehead atoms. The van der Waals surface area contributed by atoms with Gasteiger partial charge in [0.1, 0.15) is 0 Å². The van der Waals surface area contributed by atoms with Crippen LogP contribution in [0, 0.1) is 0 Å². The van der Waals surface area contributed by atoms with E-state index in [0.717, 1.165) is 38.9 Å². The predicted octanol–water partition coefficient (Wildman–Crippen LogP) is 0.955. The number of aliphatic hydroxyl groups excluding tert-OH is 1. The van der Waals surface area contributed by atoms with Crippen LogP contribution >= 0.6 is 0 Å². The van der Waals surface area contributed by atoms with E-state index in [-0.39, 0.29) is 12.2 Å². The minimum Gasteiger partial charge on any atom is -0.396 e. The van der Waals surface area contributed by atoms with E-state index in [9.17, 15) is 0 Å². The van der Waals surface area contributed by atoms with E-state index in [0.29, 0.717) is 0 Å². The van der Waals surface area contributed by atoms with E-state index in [1.165, 1.54) is 0 Å². The highest BCUT2D eigenvalue weighted by Gasteiger charge is 2.31. The second-order valence-electron chi connectivity index (χ2n) is 3.33. The van der Waals surface area contributed by atoms with Crippen molar-refractivity contribution >= 4 is 0 Å². The monoisotopic (exact) mass is 174 g/mol. The van der Waals surface area contributed by atoms with Crippen LogP contribution in [0.15, 0.2) is 0 Å². The van der Waals surface area contributed by atoms with Crippen LogP contribution in [0.4, 0.5) is 0 Å². The third-order valence-corrected chi connectivity index (χ3v) is 2.63. The summed E-state index contributed by atoms with van der Waals surface area (Å²) in [5, 5.41) is 8.72. The zero-order chi connectivity index (χ0) is 8.86. The Labute approximate surface area is 73.7 Å². The van der Waals surface area contributed by atoms with Crippen LogP contribution in [-0.4, -0.2) is 37.6 Å². The summed E-state index contributed by atoms with van der Waals surface area (Å²) < 4.78 is 10.8. The molecule has 1 heterocycles. The Bertz CT molecular complexity index is 119. The molecule has 1 fully saturated rings. The van der Waals surface area contributed by atoms with E-state index in [1.807, 2.05) is 0 Å². The molecule has 0 unspecified atom stereocenters. The Morgan fingerprint density at radius 1 is 1.42 bits per heavy atom. The fraction of sp³-hybridized carbons (Fsp3) is 1.00. The molecule has 0 atom stereocenters. The molecule has 3 nitrogen and oxygen atoms in total. The maximum Gasteiger partial charge on any atom is 0.0723 e. The number of hydrogen-bond acceptors (Lipinski definition) is 3. The quantitative estimate of drug-likeness (QED) is 0.689. The van der Waals surface area contributed by atoms with Gasteiger partial charge in [0, 0.05) is 26.9 Å². The summed E-state index contributed by atoms with van der Waals surface area (Å²) in [7, 11) is 1.75. The first-order valence-corrected chi connectivity index (χ1v) is 4.57. The van der Waals surface area contributed by atoms with Crippen LogP contribution in [0.5, 0.6) is 0 Å². The summed E-state index contributed by atoms with van der Waals surface area (Å²) in [6.07, 6.45) is 3.70. The summed E-state index contributed by atoms with van der Waals surface area (Å²) in [4.78, 5) is 0. The molecule has 12 heavy (non-hydrogen) atoms. The Morgan fingerprint density at radius 3 is 2.58 bits per heavy atom. The number of ether oxygens (including phenoxy) is 2. The minimum absolute atomic E-state index is 0.0129. The molecule has 0 aromatic rings. The first-order chi connectivity index (χ1) is 5.83. The Hall–Kier alpha value is -0.120. The molecule has 0 radical (unpaired) electrons. The number of rotatable bonds is 4. The lowest BCUT2D eigenvalue weighted by molar-refractivity contribution is -0.0960. The summed E-state index contributed by atoms with van der Waals surface area (Å²) >= 11 is 0. The van der Waals surface area contributed by atoms with Gasteiger partial charge in [-0.15, -0.1) is 0 Å². The van der Waals surface area contributed by atoms with E-state index in [2.05, 4.69) is 0 Å². The zero-order valence-corrected chi connectivity index (χ0v) is 7.71. The Morgan fingerprint density at radius 2 is 2.08 bits per heavy atom. The highest BCUT2D eigenvalue weighted by atomic mass is 16.5. The molecule has 3 heteroatoms. The molecule has 0 aliphatic carbocycles. The van der Waals surface area contributed by atoms with Crippen LogP contribution in [0.25, 0.3) is 0 Å². The van der Waals surface area contributed by atoms with Crippen molar-refractivity contribution in [2.24, 2.45) is 0 Å². The lowest BCUT2D eigenvalue weighted by Crippen LogP contribution is -2.38. The van der Waals surface area contributed by atoms with Gasteiger partial charge in [0.25, 0.3) is 0 Å². The van der Waals surface area contributed by atoms with Crippen molar-refractivity contribution in [3.8, 4) is 0 Å². The van der Waals surface area contributed by atoms with Crippen molar-refractivity contribution in [3.05, 3.63) is 0 Å². The second kappa shape index (κ2) is 4.80. The molecule has 0 amide bonds. The van der Waals surface area contributed by atoms with E-state index in [1.54, 1.807) is 7.11 Å². The molecular weight excluding hydrogens is 156 g/mol. The largest absolute Gasteiger partial charge is 0.396 e. The minimum atomic E-state index is -0.0129. The smallest absolute Gasteiger partial charge is 0.0723 e. The standard InChI is InChI=1S/C9H18O3/c1-11-9(3-2-6-10)4-7-12-8-5-9/h10H,2-8H2,1H3. The Kier molecular flexibility index (Phi) is 3.98. The van der Waals surface area contributed by atoms with Gasteiger partial charge in [-0.05, 0) is 25.7 Å². The molecule has 1 N–H and O–H groups in total. The summed E-state index contributed by atoms with van der Waals surface area (Å²) in [6.45, 7) is 1.84. The predicted molar refractivity (Wildman–Crippen MR) is 46.1 cm³/mol. The van der Waals surface area contributed by atoms with Gasteiger partial charge in [-0.25, -0.2) is 0 Å². The van der Waals surface area contributed by atoms with Gasteiger partial charge in [0.2, 0.25) is 0 Å². The van der Waals surface area contributed by atoms with Crippen molar-refractivity contribution in [2.45, 2.75) is 31.3 Å². The third-order valence-electron chi connectivity index (χ3n) is 2.63. The average molecular weight is 174 g/mol. The SMILES string of the molecule is COC1(CCCO)CCOCC1. The van der Waals surface area contributed by atoms with Crippen molar-refractivity contribution in [2.75, 3.05) is 26.9 Å². The average Bonchev–Trinajstić information content (AvgIpc) is 2.16. The number of hydrogen-bond donors (Lipinski definition) is 1. The maximum absolute atomic E-state index is 8.72. The molecule has 1 aliphatic heterocycles. The van der Waals surface area contributed by atoms with E-state index < -0.39 is 0 Å². The summed E-state index contributed by atoms with van der Waals surface area (Å²) in [5.41, 5.74) is -0.0129. The number of aliphatic hydroxyl groups is 1. The third kappa shape index (κ3) is 2.44. The van der Waals surface area contributed by atoms with E-state index >= 15 is 0 Å². The lowest BCUT2D eigenvalue weighted by Gasteiger charge is -2.35. The first kappa shape index (κ1) is 9.96. The Balaban J connectivity index is 2.37. The van der Waals surface area contributed by atoms with Crippen LogP contribution in [0.3, 0.4) is 0 Å². The van der Waals surface area contributed by atoms with Crippen LogP contribution < -0.4 is 0 Å². The van der Waals surface area contributed by atoms with E-state index in [4.69, 9.17) is 14.6 Å². The van der Waals surface area contributed by atoms with Gasteiger partial charge in [0.05, 0.1) is 5.60 Å². The fourth-order valence-corrected chi connectivity index (χ4v) is 1.70. The van der Waals surface area contributed by atoms with Gasteiger partial charge < -0.3 is 14.6 Å².